The maximum absolute atomic E-state index is 3.32. The van der Waals surface area contributed by atoms with Gasteiger partial charge in [-0.25, -0.2) is 0 Å². The Morgan fingerprint density at radius 3 is 2.67 bits per heavy atom. The van der Waals surface area contributed by atoms with Crippen LogP contribution in [0.3, 0.4) is 0 Å². The van der Waals surface area contributed by atoms with Gasteiger partial charge in [0, 0.05) is 6.67 Å². The fourth-order valence-corrected chi connectivity index (χ4v) is 0.516. The van der Waals surface area contributed by atoms with Crippen molar-refractivity contribution in [1.82, 2.24) is 10.6 Å². The molecule has 0 aromatic rings. The van der Waals surface area contributed by atoms with Gasteiger partial charge in [-0.2, -0.15) is 0 Å². The van der Waals surface area contributed by atoms with Crippen LogP contribution in [-0.2, 0) is 0 Å². The van der Waals surface area contributed by atoms with Crippen LogP contribution in [-0.4, -0.2) is 26.4 Å². The highest BCUT2D eigenvalue weighted by molar-refractivity contribution is 6.35. The predicted octanol–water partition coefficient (Wildman–Crippen LogP) is -0.0264. The summed E-state index contributed by atoms with van der Waals surface area (Å²) < 4.78 is 0. The Labute approximate surface area is 58.7 Å². The summed E-state index contributed by atoms with van der Waals surface area (Å²) in [5.41, 5.74) is 0. The van der Waals surface area contributed by atoms with Crippen molar-refractivity contribution in [2.24, 2.45) is 0 Å². The van der Waals surface area contributed by atoms with Crippen molar-refractivity contribution < 1.29 is 0 Å². The van der Waals surface area contributed by atoms with E-state index in [1.807, 2.05) is 0 Å². The molecule has 0 spiro atoms. The van der Waals surface area contributed by atoms with E-state index in [0.717, 1.165) is 13.2 Å². The quantitative estimate of drug-likeness (QED) is 0.308. The molecule has 0 aromatic carbocycles. The third kappa shape index (κ3) is 5.86. The number of nitrogens with one attached hydrogen (secondary N) is 2. The molecule has 0 amide bonds. The van der Waals surface area contributed by atoms with Gasteiger partial charge in [-0.1, -0.05) is 20.7 Å². The number of rotatable bonds is 5. The Hall–Kier alpha value is -0.0151. The average Bonchev–Trinajstić information content (AvgIpc) is 1.89. The lowest BCUT2D eigenvalue weighted by molar-refractivity contribution is 0.588. The molecule has 0 aliphatic carbocycles. The first kappa shape index (κ1) is 8.98. The first-order valence-corrected chi connectivity index (χ1v) is 3.75. The molecule has 2 nitrogen and oxygen atoms in total. The zero-order valence-corrected chi connectivity index (χ0v) is 6.70. The molecule has 0 aromatic heterocycles. The number of hydrogen-bond acceptors (Lipinski definition) is 2. The molecule has 9 heavy (non-hydrogen) atoms. The van der Waals surface area contributed by atoms with Crippen molar-refractivity contribution in [2.75, 3.05) is 13.2 Å². The number of hydrogen-bond donors (Lipinski definition) is 2. The standard InChI is InChI=1S/C6H17BN2/c1-4-8-5-9-6(2)7-3/h6-9H,4-5H2,1-3H3. The van der Waals surface area contributed by atoms with Crippen molar-refractivity contribution >= 4 is 7.28 Å². The van der Waals surface area contributed by atoms with Gasteiger partial charge in [0.2, 0.25) is 0 Å². The van der Waals surface area contributed by atoms with Crippen LogP contribution in [0.5, 0.6) is 0 Å². The molecular weight excluding hydrogens is 111 g/mol. The van der Waals surface area contributed by atoms with Crippen molar-refractivity contribution in [2.45, 2.75) is 26.6 Å². The zero-order valence-electron chi connectivity index (χ0n) is 6.70. The van der Waals surface area contributed by atoms with Gasteiger partial charge in [0.1, 0.15) is 7.28 Å². The van der Waals surface area contributed by atoms with E-state index in [0.29, 0.717) is 5.94 Å². The SMILES string of the molecule is CBC(C)NCNCC. The van der Waals surface area contributed by atoms with Gasteiger partial charge in [0.25, 0.3) is 0 Å². The lowest BCUT2D eigenvalue weighted by Crippen LogP contribution is -2.37. The molecule has 0 radical (unpaired) electrons. The first-order valence-electron chi connectivity index (χ1n) is 3.75. The van der Waals surface area contributed by atoms with Crippen LogP contribution in [0.25, 0.3) is 0 Å². The van der Waals surface area contributed by atoms with Crippen LogP contribution in [0.1, 0.15) is 13.8 Å². The summed E-state index contributed by atoms with van der Waals surface area (Å²) in [4.78, 5) is 0. The van der Waals surface area contributed by atoms with Crippen LogP contribution in [0, 0.1) is 0 Å². The van der Waals surface area contributed by atoms with Gasteiger partial charge in [-0.3, -0.25) is 0 Å². The molecule has 54 valence electrons. The Morgan fingerprint density at radius 1 is 1.56 bits per heavy atom. The minimum atomic E-state index is 0.643. The summed E-state index contributed by atoms with van der Waals surface area (Å²) in [6.07, 6.45) is 0. The second kappa shape index (κ2) is 6.11. The summed E-state index contributed by atoms with van der Waals surface area (Å²) in [5.74, 6) is 0.643. The molecule has 0 fully saturated rings. The summed E-state index contributed by atoms with van der Waals surface area (Å²) >= 11 is 0. The molecule has 0 aliphatic rings. The van der Waals surface area contributed by atoms with Gasteiger partial charge in [0.15, 0.2) is 0 Å². The van der Waals surface area contributed by atoms with E-state index in [1.54, 1.807) is 0 Å². The van der Waals surface area contributed by atoms with Crippen LogP contribution in [0.15, 0.2) is 0 Å². The predicted molar refractivity (Wildman–Crippen MR) is 44.2 cm³/mol. The molecule has 0 aliphatic heterocycles. The van der Waals surface area contributed by atoms with Crippen molar-refractivity contribution in [1.29, 1.82) is 0 Å². The monoisotopic (exact) mass is 128 g/mol. The third-order valence-corrected chi connectivity index (χ3v) is 1.44. The van der Waals surface area contributed by atoms with E-state index >= 15 is 0 Å². The Balaban J connectivity index is 2.88. The van der Waals surface area contributed by atoms with Crippen LogP contribution in [0.2, 0.25) is 6.82 Å². The zero-order chi connectivity index (χ0) is 7.11. The van der Waals surface area contributed by atoms with E-state index in [4.69, 9.17) is 0 Å². The van der Waals surface area contributed by atoms with E-state index < -0.39 is 0 Å². The molecular formula is C6H17BN2. The van der Waals surface area contributed by atoms with Crippen molar-refractivity contribution in [3.05, 3.63) is 0 Å². The lowest BCUT2D eigenvalue weighted by atomic mass is 9.74. The topological polar surface area (TPSA) is 24.1 Å². The molecule has 0 heterocycles. The molecule has 0 saturated heterocycles. The first-order chi connectivity index (χ1) is 4.31. The van der Waals surface area contributed by atoms with E-state index in [9.17, 15) is 0 Å². The van der Waals surface area contributed by atoms with Gasteiger partial charge >= 0.3 is 0 Å². The van der Waals surface area contributed by atoms with Crippen LogP contribution < -0.4 is 10.6 Å². The van der Waals surface area contributed by atoms with E-state index in [1.165, 1.54) is 7.28 Å². The fourth-order valence-electron chi connectivity index (χ4n) is 0.516. The highest BCUT2D eigenvalue weighted by atomic mass is 15.1. The van der Waals surface area contributed by atoms with E-state index in [2.05, 4.69) is 31.3 Å². The molecule has 0 saturated carbocycles. The summed E-state index contributed by atoms with van der Waals surface area (Å²) in [7, 11) is 1.20. The van der Waals surface area contributed by atoms with Crippen LogP contribution >= 0.6 is 0 Å². The molecule has 0 rings (SSSR count). The summed E-state index contributed by atoms with van der Waals surface area (Å²) in [6.45, 7) is 8.47. The Bertz CT molecular complexity index is 59.0. The third-order valence-electron chi connectivity index (χ3n) is 1.44. The highest BCUT2D eigenvalue weighted by Gasteiger charge is 1.94. The van der Waals surface area contributed by atoms with Gasteiger partial charge in [-0.15, -0.1) is 0 Å². The Morgan fingerprint density at radius 2 is 2.22 bits per heavy atom. The second-order valence-electron chi connectivity index (χ2n) is 2.29. The maximum Gasteiger partial charge on any atom is 0.138 e. The fraction of sp³-hybridized carbons (Fsp3) is 1.00. The summed E-state index contributed by atoms with van der Waals surface area (Å²) in [5, 5.41) is 6.52. The smallest absolute Gasteiger partial charge is 0.138 e. The molecule has 2 N–H and O–H groups in total. The second-order valence-corrected chi connectivity index (χ2v) is 2.29. The van der Waals surface area contributed by atoms with Gasteiger partial charge in [0.05, 0.1) is 0 Å². The minimum Gasteiger partial charge on any atom is -0.310 e. The lowest BCUT2D eigenvalue weighted by Gasteiger charge is -2.09. The normalized spacial score (nSPS) is 13.2. The largest absolute Gasteiger partial charge is 0.310 e. The van der Waals surface area contributed by atoms with Crippen molar-refractivity contribution in [3.63, 3.8) is 0 Å². The average molecular weight is 128 g/mol. The Kier molecular flexibility index (Phi) is 6.10. The van der Waals surface area contributed by atoms with Gasteiger partial charge in [-0.05, 0) is 12.5 Å². The molecule has 1 unspecified atom stereocenters. The van der Waals surface area contributed by atoms with Crippen LogP contribution in [0.4, 0.5) is 0 Å². The maximum atomic E-state index is 3.32. The minimum absolute atomic E-state index is 0.643. The highest BCUT2D eigenvalue weighted by Crippen LogP contribution is 1.73. The molecule has 1 atom stereocenters. The van der Waals surface area contributed by atoms with Crippen molar-refractivity contribution in [3.8, 4) is 0 Å². The van der Waals surface area contributed by atoms with E-state index in [-0.39, 0.29) is 0 Å². The molecule has 0 bridgehead atoms. The van der Waals surface area contributed by atoms with Gasteiger partial charge < -0.3 is 10.6 Å². The molecule has 3 heteroatoms. The summed E-state index contributed by atoms with van der Waals surface area (Å²) in [6, 6.07) is 0.